The van der Waals surface area contributed by atoms with Crippen LogP contribution in [0.25, 0.3) is 43.1 Å². The summed E-state index contributed by atoms with van der Waals surface area (Å²) in [5.74, 6) is 0. The zero-order chi connectivity index (χ0) is 40.7. The fourth-order valence-corrected chi connectivity index (χ4v) is 9.11. The molecule has 58 heavy (non-hydrogen) atoms. The minimum Gasteiger partial charge on any atom is -0.310 e. The van der Waals surface area contributed by atoms with Gasteiger partial charge in [-0.25, -0.2) is 0 Å². The highest BCUT2D eigenvalue weighted by atomic mass is 15.1. The molecule has 0 aliphatic heterocycles. The molecule has 0 N–H and O–H groups in total. The molecule has 2 nitrogen and oxygen atoms in total. The van der Waals surface area contributed by atoms with Crippen LogP contribution in [-0.2, 0) is 10.8 Å². The average molecular weight is 755 g/mol. The van der Waals surface area contributed by atoms with Gasteiger partial charge in [0.25, 0.3) is 0 Å². The molecule has 0 atom stereocenters. The van der Waals surface area contributed by atoms with E-state index in [0.717, 1.165) is 22.7 Å². The monoisotopic (exact) mass is 754 g/mol. The number of anilines is 6. The molecule has 9 aromatic carbocycles. The highest BCUT2D eigenvalue weighted by molar-refractivity contribution is 6.37. The van der Waals surface area contributed by atoms with Crippen molar-refractivity contribution >= 4 is 77.2 Å². The van der Waals surface area contributed by atoms with Crippen LogP contribution in [0.3, 0.4) is 0 Å². The first kappa shape index (κ1) is 37.5. The van der Waals surface area contributed by atoms with Crippen LogP contribution >= 0.6 is 0 Å². The van der Waals surface area contributed by atoms with Crippen molar-refractivity contribution in [3.63, 3.8) is 0 Å². The van der Waals surface area contributed by atoms with Gasteiger partial charge in [0, 0.05) is 33.5 Å². The van der Waals surface area contributed by atoms with E-state index in [0.29, 0.717) is 0 Å². The van der Waals surface area contributed by atoms with Crippen molar-refractivity contribution in [2.24, 2.45) is 0 Å². The van der Waals surface area contributed by atoms with Gasteiger partial charge in [0.05, 0.1) is 11.4 Å². The summed E-state index contributed by atoms with van der Waals surface area (Å²) < 4.78 is 0. The van der Waals surface area contributed by atoms with Gasteiger partial charge in [-0.2, -0.15) is 0 Å². The maximum atomic E-state index is 2.45. The molecule has 9 rings (SSSR count). The van der Waals surface area contributed by atoms with Crippen LogP contribution in [0, 0.1) is 27.7 Å². The molecule has 0 radical (unpaired) electrons. The van der Waals surface area contributed by atoms with Crippen LogP contribution in [0.15, 0.2) is 146 Å². The van der Waals surface area contributed by atoms with Gasteiger partial charge in [0.2, 0.25) is 0 Å². The molecule has 0 spiro atoms. The fourth-order valence-electron chi connectivity index (χ4n) is 9.11. The highest BCUT2D eigenvalue weighted by Crippen LogP contribution is 2.52. The van der Waals surface area contributed by atoms with Crippen LogP contribution in [0.1, 0.15) is 74.9 Å². The molecule has 0 fully saturated rings. The summed E-state index contributed by atoms with van der Waals surface area (Å²) in [5, 5.41) is 10.5. The summed E-state index contributed by atoms with van der Waals surface area (Å²) in [6, 6.07) is 55.1. The summed E-state index contributed by atoms with van der Waals surface area (Å²) in [6.45, 7) is 22.8. The largest absolute Gasteiger partial charge is 0.310 e. The lowest BCUT2D eigenvalue weighted by Gasteiger charge is -2.32. The quantitative estimate of drug-likeness (QED) is 0.123. The number of nitrogens with zero attached hydrogens (tertiary/aromatic N) is 2. The Morgan fingerprint density at radius 3 is 0.793 bits per heavy atom. The topological polar surface area (TPSA) is 6.48 Å². The fraction of sp³-hybridized carbons (Fsp3) is 0.214. The van der Waals surface area contributed by atoms with Gasteiger partial charge >= 0.3 is 0 Å². The van der Waals surface area contributed by atoms with Crippen LogP contribution in [-0.4, -0.2) is 0 Å². The van der Waals surface area contributed by atoms with Crippen LogP contribution in [0.4, 0.5) is 34.1 Å². The van der Waals surface area contributed by atoms with E-state index >= 15 is 0 Å². The summed E-state index contributed by atoms with van der Waals surface area (Å²) in [7, 11) is 0. The van der Waals surface area contributed by atoms with E-state index in [1.165, 1.54) is 87.8 Å². The molecule has 0 saturated carbocycles. The van der Waals surface area contributed by atoms with Crippen LogP contribution in [0.2, 0.25) is 0 Å². The Bertz CT molecular complexity index is 2660. The summed E-state index contributed by atoms with van der Waals surface area (Å²) in [5.41, 5.74) is 14.5. The van der Waals surface area contributed by atoms with E-state index in [2.05, 4.69) is 225 Å². The molecule has 0 saturated heterocycles. The normalized spacial score (nSPS) is 12.3. The Balaban J connectivity index is 1.44. The molecule has 0 aliphatic carbocycles. The lowest BCUT2D eigenvalue weighted by molar-refractivity contribution is 0.595. The van der Waals surface area contributed by atoms with Gasteiger partial charge in [-0.3, -0.25) is 0 Å². The van der Waals surface area contributed by atoms with Crippen molar-refractivity contribution in [3.8, 4) is 0 Å². The van der Waals surface area contributed by atoms with Gasteiger partial charge in [-0.1, -0.05) is 149 Å². The van der Waals surface area contributed by atoms with Gasteiger partial charge in [0.15, 0.2) is 0 Å². The van der Waals surface area contributed by atoms with E-state index in [9.17, 15) is 0 Å². The Morgan fingerprint density at radius 2 is 0.534 bits per heavy atom. The molecular formula is C56H54N2. The maximum absolute atomic E-state index is 2.45. The molecule has 0 bridgehead atoms. The molecule has 9 aromatic rings. The summed E-state index contributed by atoms with van der Waals surface area (Å²) in [6.07, 6.45) is 0. The zero-order valence-electron chi connectivity index (χ0n) is 35.8. The minimum atomic E-state index is -0.0929. The molecule has 2 heteroatoms. The van der Waals surface area contributed by atoms with E-state index in [1.54, 1.807) is 0 Å². The van der Waals surface area contributed by atoms with Gasteiger partial charge in [0.1, 0.15) is 0 Å². The van der Waals surface area contributed by atoms with Crippen molar-refractivity contribution in [3.05, 3.63) is 179 Å². The number of fused-ring (bicyclic) bond motifs is 2. The minimum absolute atomic E-state index is 0.0929. The lowest BCUT2D eigenvalue weighted by atomic mass is 9.76. The number of aryl methyl sites for hydroxylation is 4. The lowest BCUT2D eigenvalue weighted by Crippen LogP contribution is -2.15. The Morgan fingerprint density at radius 1 is 0.276 bits per heavy atom. The molecule has 0 unspecified atom stereocenters. The number of hydrogen-bond acceptors (Lipinski definition) is 2. The SMILES string of the molecule is Cc1ccc(N(c2ccc(C)cc2)c2ccc3c4c(C(C)(C)C)ccc5c(N(c6ccc(C)cc6)c6ccc(C)cc6)ccc(c6c(C(C)(C)C)ccc2c36)c54)cc1. The standard InChI is InChI=1S/C56H54N2/c1-35-11-19-39(20-12-35)57(40-21-13-36(2)14-22-40)49-33-29-45-51-43(49)27-31-47(55(5,6)7)53(51)46-30-34-50(44-28-32-48(56(8,9)10)54(45)52(44)46)58(41-23-15-37(3)16-24-41)42-25-17-38(4)18-26-42/h11-34H,1-10H3. The van der Waals surface area contributed by atoms with Crippen molar-refractivity contribution < 1.29 is 0 Å². The van der Waals surface area contributed by atoms with E-state index in [4.69, 9.17) is 0 Å². The first-order chi connectivity index (χ1) is 27.7. The van der Waals surface area contributed by atoms with Gasteiger partial charge < -0.3 is 9.80 Å². The molecular weight excluding hydrogens is 701 g/mol. The number of benzene rings is 9. The van der Waals surface area contributed by atoms with Crippen LogP contribution < -0.4 is 9.80 Å². The van der Waals surface area contributed by atoms with E-state index < -0.39 is 0 Å². The van der Waals surface area contributed by atoms with Crippen LogP contribution in [0.5, 0.6) is 0 Å². The third kappa shape index (κ3) is 6.27. The van der Waals surface area contributed by atoms with Crippen molar-refractivity contribution in [1.29, 1.82) is 0 Å². The van der Waals surface area contributed by atoms with Crippen molar-refractivity contribution in [2.75, 3.05) is 9.80 Å². The first-order valence-corrected chi connectivity index (χ1v) is 20.8. The Kier molecular flexibility index (Phi) is 8.89. The predicted molar refractivity (Wildman–Crippen MR) is 253 cm³/mol. The second kappa shape index (κ2) is 13.8. The Labute approximate surface area is 344 Å². The maximum Gasteiger partial charge on any atom is 0.0540 e. The van der Waals surface area contributed by atoms with Gasteiger partial charge in [-0.15, -0.1) is 0 Å². The number of hydrogen-bond donors (Lipinski definition) is 0. The molecule has 0 aliphatic rings. The summed E-state index contributed by atoms with van der Waals surface area (Å²) >= 11 is 0. The zero-order valence-corrected chi connectivity index (χ0v) is 35.8. The second-order valence-electron chi connectivity index (χ2n) is 18.6. The molecule has 288 valence electrons. The van der Waals surface area contributed by atoms with Crippen molar-refractivity contribution in [1.82, 2.24) is 0 Å². The highest BCUT2D eigenvalue weighted by Gasteiger charge is 2.29. The second-order valence-corrected chi connectivity index (χ2v) is 18.6. The van der Waals surface area contributed by atoms with Gasteiger partial charge in [-0.05, 0) is 143 Å². The average Bonchev–Trinajstić information content (AvgIpc) is 3.19. The van der Waals surface area contributed by atoms with E-state index in [1.807, 2.05) is 0 Å². The third-order valence-electron chi connectivity index (χ3n) is 12.1. The smallest absolute Gasteiger partial charge is 0.0540 e. The third-order valence-corrected chi connectivity index (χ3v) is 12.1. The Hall–Kier alpha value is -6.12. The molecule has 0 heterocycles. The summed E-state index contributed by atoms with van der Waals surface area (Å²) in [4.78, 5) is 4.90. The number of rotatable bonds is 6. The molecule has 0 amide bonds. The van der Waals surface area contributed by atoms with E-state index in [-0.39, 0.29) is 10.8 Å². The van der Waals surface area contributed by atoms with Crippen molar-refractivity contribution in [2.45, 2.75) is 80.1 Å². The predicted octanol–water partition coefficient (Wildman–Crippen LogP) is 16.5. The molecule has 0 aromatic heterocycles. The first-order valence-electron chi connectivity index (χ1n) is 20.8.